The Morgan fingerprint density at radius 3 is 1.74 bits per heavy atom. The van der Waals surface area contributed by atoms with Gasteiger partial charge in [-0.3, -0.25) is 0 Å². The van der Waals surface area contributed by atoms with E-state index >= 15 is 0 Å². The first-order valence-corrected chi connectivity index (χ1v) is 16.3. The van der Waals surface area contributed by atoms with Crippen LogP contribution < -0.4 is 0 Å². The molecule has 0 spiro atoms. The molecule has 9 rings (SSSR count). The lowest BCUT2D eigenvalue weighted by atomic mass is 9.82. The molecular weight excluding hydrogens is 569 g/mol. The molecule has 0 radical (unpaired) electrons. The average Bonchev–Trinajstić information content (AvgIpc) is 3.37. The van der Waals surface area contributed by atoms with E-state index in [-0.39, 0.29) is 5.41 Å². The van der Waals surface area contributed by atoms with E-state index < -0.39 is 0 Å². The minimum absolute atomic E-state index is 0.315. The van der Waals surface area contributed by atoms with E-state index in [0.717, 1.165) is 39.5 Å². The second kappa shape index (κ2) is 10.6. The van der Waals surface area contributed by atoms with Crippen molar-refractivity contribution in [1.29, 1.82) is 0 Å². The van der Waals surface area contributed by atoms with Gasteiger partial charge in [-0.05, 0) is 67.1 Å². The lowest BCUT2D eigenvalue weighted by Gasteiger charge is -2.23. The molecule has 1 aromatic heterocycles. The molecule has 0 unspecified atom stereocenters. The molecular formula is C45H32N2. The predicted molar refractivity (Wildman–Crippen MR) is 196 cm³/mol. The number of benzene rings is 7. The molecule has 1 aliphatic rings. The van der Waals surface area contributed by atoms with Crippen LogP contribution in [0.3, 0.4) is 0 Å². The fourth-order valence-electron chi connectivity index (χ4n) is 7.54. The van der Waals surface area contributed by atoms with Crippen LogP contribution in [-0.4, -0.2) is 9.97 Å². The molecule has 0 aliphatic heterocycles. The summed E-state index contributed by atoms with van der Waals surface area (Å²) in [4.78, 5) is 10.9. The fraction of sp³-hybridized carbons (Fsp3) is 0.0667. The summed E-state index contributed by atoms with van der Waals surface area (Å²) in [6, 6.07) is 56.4. The van der Waals surface area contributed by atoms with Gasteiger partial charge in [-0.15, -0.1) is 0 Å². The van der Waals surface area contributed by atoms with E-state index in [0.29, 0.717) is 0 Å². The third-order valence-electron chi connectivity index (χ3n) is 9.79. The van der Waals surface area contributed by atoms with Crippen molar-refractivity contribution >= 4 is 21.5 Å². The minimum atomic E-state index is -0.315. The number of nitrogens with zero attached hydrogens (tertiary/aromatic N) is 2. The molecule has 1 aliphatic carbocycles. The lowest BCUT2D eigenvalue weighted by molar-refractivity contribution is 0.641. The molecule has 0 saturated heterocycles. The molecule has 222 valence electrons. The number of aromatic nitrogens is 2. The summed E-state index contributed by atoms with van der Waals surface area (Å²) in [5, 5.41) is 4.92. The molecule has 7 aromatic carbocycles. The van der Waals surface area contributed by atoms with Crippen molar-refractivity contribution in [3.05, 3.63) is 169 Å². The lowest BCUT2D eigenvalue weighted by Crippen LogP contribution is -2.18. The normalized spacial score (nSPS) is 13.1. The van der Waals surface area contributed by atoms with Gasteiger partial charge in [0.25, 0.3) is 0 Å². The zero-order valence-electron chi connectivity index (χ0n) is 26.4. The molecule has 0 N–H and O–H groups in total. The van der Waals surface area contributed by atoms with Gasteiger partial charge in [0.05, 0.1) is 11.4 Å². The largest absolute Gasteiger partial charge is 0.231 e. The van der Waals surface area contributed by atoms with Crippen molar-refractivity contribution in [2.75, 3.05) is 0 Å². The van der Waals surface area contributed by atoms with Gasteiger partial charge in [-0.2, -0.15) is 0 Å². The third-order valence-corrected chi connectivity index (χ3v) is 9.79. The highest BCUT2D eigenvalue weighted by atomic mass is 14.9. The molecule has 8 aromatic rings. The van der Waals surface area contributed by atoms with Gasteiger partial charge in [0, 0.05) is 22.1 Å². The van der Waals surface area contributed by atoms with E-state index in [2.05, 4.69) is 172 Å². The van der Waals surface area contributed by atoms with E-state index in [9.17, 15) is 0 Å². The van der Waals surface area contributed by atoms with Crippen LogP contribution in [0.2, 0.25) is 0 Å². The third kappa shape index (κ3) is 4.40. The Bertz CT molecular complexity index is 2490. The standard InChI is InChI=1S/C45H32N2/c1-45(2)41-37-23-9-7-16-31(37)25-26-39(41)40-42(38-24-12-17-30-15-6-8-22-36(30)38)46-44(47-43(40)45)35-21-11-20-34(28-35)33-19-10-18-32(27-33)29-13-4-3-5-14-29/h3-28H,1-2H3. The highest BCUT2D eigenvalue weighted by Gasteiger charge is 2.41. The van der Waals surface area contributed by atoms with Crippen molar-refractivity contribution in [2.45, 2.75) is 19.3 Å². The number of rotatable bonds is 4. The summed E-state index contributed by atoms with van der Waals surface area (Å²) >= 11 is 0. The van der Waals surface area contributed by atoms with Gasteiger partial charge in [0.15, 0.2) is 5.82 Å². The van der Waals surface area contributed by atoms with Gasteiger partial charge in [0.2, 0.25) is 0 Å². The summed E-state index contributed by atoms with van der Waals surface area (Å²) < 4.78 is 0. The predicted octanol–water partition coefficient (Wildman–Crippen LogP) is 11.8. The second-order valence-electron chi connectivity index (χ2n) is 13.0. The van der Waals surface area contributed by atoms with E-state index in [1.807, 2.05) is 0 Å². The van der Waals surface area contributed by atoms with Crippen molar-refractivity contribution < 1.29 is 0 Å². The smallest absolute Gasteiger partial charge is 0.160 e. The van der Waals surface area contributed by atoms with Crippen molar-refractivity contribution in [2.24, 2.45) is 0 Å². The number of hydrogen-bond donors (Lipinski definition) is 0. The highest BCUT2D eigenvalue weighted by Crippen LogP contribution is 2.54. The quantitative estimate of drug-likeness (QED) is 0.201. The van der Waals surface area contributed by atoms with Crippen LogP contribution >= 0.6 is 0 Å². The minimum Gasteiger partial charge on any atom is -0.231 e. The topological polar surface area (TPSA) is 25.8 Å². The first-order valence-electron chi connectivity index (χ1n) is 16.3. The molecule has 47 heavy (non-hydrogen) atoms. The first kappa shape index (κ1) is 27.5. The van der Waals surface area contributed by atoms with Gasteiger partial charge >= 0.3 is 0 Å². The summed E-state index contributed by atoms with van der Waals surface area (Å²) in [5.41, 5.74) is 12.3. The zero-order valence-corrected chi connectivity index (χ0v) is 26.4. The van der Waals surface area contributed by atoms with Crippen LogP contribution in [0.15, 0.2) is 158 Å². The van der Waals surface area contributed by atoms with Crippen LogP contribution in [0, 0.1) is 0 Å². The zero-order chi connectivity index (χ0) is 31.5. The second-order valence-corrected chi connectivity index (χ2v) is 13.0. The SMILES string of the molecule is CC1(C)c2nc(-c3cccc(-c4cccc(-c5ccccc5)c4)c3)nc(-c3cccc4ccccc34)c2-c2ccc3ccccc3c21. The van der Waals surface area contributed by atoms with Crippen molar-refractivity contribution in [3.8, 4) is 56.0 Å². The highest BCUT2D eigenvalue weighted by molar-refractivity contribution is 6.04. The maximum atomic E-state index is 5.47. The van der Waals surface area contributed by atoms with Gasteiger partial charge < -0.3 is 0 Å². The summed E-state index contributed by atoms with van der Waals surface area (Å²) in [6.45, 7) is 4.64. The Balaban J connectivity index is 1.28. The van der Waals surface area contributed by atoms with Crippen LogP contribution in [0.4, 0.5) is 0 Å². The Kier molecular flexibility index (Phi) is 6.20. The first-order chi connectivity index (χ1) is 23.1. The van der Waals surface area contributed by atoms with E-state index in [4.69, 9.17) is 9.97 Å². The average molecular weight is 601 g/mol. The molecule has 1 heterocycles. The van der Waals surface area contributed by atoms with Gasteiger partial charge in [-0.25, -0.2) is 9.97 Å². The number of hydrogen-bond acceptors (Lipinski definition) is 2. The summed E-state index contributed by atoms with van der Waals surface area (Å²) in [6.07, 6.45) is 0. The molecule has 0 saturated carbocycles. The Hall–Kier alpha value is -5.86. The molecule has 0 atom stereocenters. The fourth-order valence-corrected chi connectivity index (χ4v) is 7.54. The summed E-state index contributed by atoms with van der Waals surface area (Å²) in [5.74, 6) is 0.748. The molecule has 0 bridgehead atoms. The number of fused-ring (bicyclic) bond motifs is 6. The Morgan fingerprint density at radius 2 is 0.979 bits per heavy atom. The van der Waals surface area contributed by atoms with Crippen LogP contribution in [0.25, 0.3) is 77.6 Å². The Labute approximate surface area is 275 Å². The maximum Gasteiger partial charge on any atom is 0.160 e. The maximum absolute atomic E-state index is 5.47. The van der Waals surface area contributed by atoms with E-state index in [1.165, 1.54) is 49.4 Å². The van der Waals surface area contributed by atoms with E-state index in [1.54, 1.807) is 0 Å². The molecule has 2 nitrogen and oxygen atoms in total. The summed E-state index contributed by atoms with van der Waals surface area (Å²) in [7, 11) is 0. The van der Waals surface area contributed by atoms with Crippen molar-refractivity contribution in [3.63, 3.8) is 0 Å². The van der Waals surface area contributed by atoms with Crippen LogP contribution in [0.5, 0.6) is 0 Å². The molecule has 0 amide bonds. The van der Waals surface area contributed by atoms with Crippen molar-refractivity contribution in [1.82, 2.24) is 9.97 Å². The van der Waals surface area contributed by atoms with Gasteiger partial charge in [0.1, 0.15) is 0 Å². The van der Waals surface area contributed by atoms with Crippen LogP contribution in [-0.2, 0) is 5.41 Å². The molecule has 0 fully saturated rings. The Morgan fingerprint density at radius 1 is 0.426 bits per heavy atom. The van der Waals surface area contributed by atoms with Crippen LogP contribution in [0.1, 0.15) is 25.1 Å². The molecule has 2 heteroatoms. The van der Waals surface area contributed by atoms with Gasteiger partial charge in [-0.1, -0.05) is 159 Å². The monoisotopic (exact) mass is 600 g/mol.